The number of rotatable bonds is 10. The van der Waals surface area contributed by atoms with E-state index in [1.54, 1.807) is 24.2 Å². The second kappa shape index (κ2) is 10.7. The molecule has 162 valence electrons. The molecular formula is C25H24N4O2S. The van der Waals surface area contributed by atoms with Gasteiger partial charge in [0.05, 0.1) is 6.61 Å². The van der Waals surface area contributed by atoms with Gasteiger partial charge in [0.25, 0.3) is 0 Å². The van der Waals surface area contributed by atoms with Crippen molar-refractivity contribution < 1.29 is 9.53 Å². The Morgan fingerprint density at radius 2 is 1.72 bits per heavy atom. The fraction of sp³-hybridized carbons (Fsp3) is 0.200. The molecule has 4 aromatic rings. The van der Waals surface area contributed by atoms with E-state index in [4.69, 9.17) is 4.74 Å². The molecule has 0 fully saturated rings. The van der Waals surface area contributed by atoms with Crippen molar-refractivity contribution in [2.75, 3.05) is 12.4 Å². The predicted octanol–water partition coefficient (Wildman–Crippen LogP) is 5.48. The summed E-state index contributed by atoms with van der Waals surface area (Å²) in [5.41, 5.74) is 2.65. The van der Waals surface area contributed by atoms with E-state index in [-0.39, 0.29) is 5.78 Å². The summed E-state index contributed by atoms with van der Waals surface area (Å²) < 4.78 is 7.61. The van der Waals surface area contributed by atoms with Gasteiger partial charge in [0.15, 0.2) is 16.8 Å². The second-order valence-electron chi connectivity index (χ2n) is 7.05. The molecule has 4 rings (SSSR count). The Morgan fingerprint density at radius 3 is 2.44 bits per heavy atom. The van der Waals surface area contributed by atoms with Crippen molar-refractivity contribution in [1.29, 1.82) is 0 Å². The summed E-state index contributed by atoms with van der Waals surface area (Å²) in [6, 6.07) is 21.2. The van der Waals surface area contributed by atoms with Crippen LogP contribution in [0.4, 0.5) is 0 Å². The average Bonchev–Trinajstić information content (AvgIpc) is 3.27. The molecule has 0 radical (unpaired) electrons. The minimum absolute atomic E-state index is 0.164. The van der Waals surface area contributed by atoms with Crippen LogP contribution in [-0.4, -0.2) is 37.9 Å². The van der Waals surface area contributed by atoms with Gasteiger partial charge in [-0.2, -0.15) is 0 Å². The standard InChI is InChI=1S/C25H24N4O2S/c1-2-31-22-12-10-21(11-13-22)29-24(20-14-16-26-17-15-20)27-28-25(29)32-18-6-9-23(30)19-7-4-3-5-8-19/h3-5,7-8,10-17H,2,6,9,18H2,1H3. The maximum absolute atomic E-state index is 12.4. The third kappa shape index (κ3) is 5.23. The van der Waals surface area contributed by atoms with Crippen LogP contribution in [0.25, 0.3) is 17.1 Å². The molecule has 6 nitrogen and oxygen atoms in total. The van der Waals surface area contributed by atoms with E-state index in [0.717, 1.165) is 45.7 Å². The molecule has 0 saturated carbocycles. The van der Waals surface area contributed by atoms with E-state index >= 15 is 0 Å². The molecule has 7 heteroatoms. The first-order valence-corrected chi connectivity index (χ1v) is 11.5. The van der Waals surface area contributed by atoms with Crippen molar-refractivity contribution in [3.63, 3.8) is 0 Å². The molecule has 2 aromatic heterocycles. The molecule has 0 saturated heterocycles. The molecule has 0 aliphatic carbocycles. The van der Waals surface area contributed by atoms with Crippen molar-refractivity contribution in [3.05, 3.63) is 84.7 Å². The van der Waals surface area contributed by atoms with Crippen LogP contribution in [0, 0.1) is 0 Å². The largest absolute Gasteiger partial charge is 0.494 e. The first-order chi connectivity index (χ1) is 15.8. The SMILES string of the molecule is CCOc1ccc(-n2c(SCCCC(=O)c3ccccc3)nnc2-c2ccncc2)cc1. The summed E-state index contributed by atoms with van der Waals surface area (Å²) in [4.78, 5) is 16.5. The lowest BCUT2D eigenvalue weighted by atomic mass is 10.1. The molecule has 0 aliphatic rings. The zero-order chi connectivity index (χ0) is 22.2. The lowest BCUT2D eigenvalue weighted by Crippen LogP contribution is -2.02. The zero-order valence-electron chi connectivity index (χ0n) is 17.8. The highest BCUT2D eigenvalue weighted by Crippen LogP contribution is 2.29. The predicted molar refractivity (Wildman–Crippen MR) is 126 cm³/mol. The third-order valence-corrected chi connectivity index (χ3v) is 5.87. The first-order valence-electron chi connectivity index (χ1n) is 10.6. The third-order valence-electron chi connectivity index (χ3n) is 4.85. The zero-order valence-corrected chi connectivity index (χ0v) is 18.7. The van der Waals surface area contributed by atoms with Gasteiger partial charge < -0.3 is 4.74 Å². The fourth-order valence-electron chi connectivity index (χ4n) is 3.31. The quantitative estimate of drug-likeness (QED) is 0.183. The number of hydrogen-bond donors (Lipinski definition) is 0. The Morgan fingerprint density at radius 1 is 0.969 bits per heavy atom. The monoisotopic (exact) mass is 444 g/mol. The maximum Gasteiger partial charge on any atom is 0.196 e. The lowest BCUT2D eigenvalue weighted by molar-refractivity contribution is 0.0982. The molecule has 0 N–H and O–H groups in total. The van der Waals surface area contributed by atoms with Gasteiger partial charge in [-0.05, 0) is 49.7 Å². The molecule has 2 aromatic carbocycles. The average molecular weight is 445 g/mol. The number of nitrogens with zero attached hydrogens (tertiary/aromatic N) is 4. The molecule has 0 bridgehead atoms. The first kappa shape index (κ1) is 21.8. The summed E-state index contributed by atoms with van der Waals surface area (Å²) in [5.74, 6) is 2.50. The summed E-state index contributed by atoms with van der Waals surface area (Å²) >= 11 is 1.60. The number of aromatic nitrogens is 4. The van der Waals surface area contributed by atoms with Crippen LogP contribution >= 0.6 is 11.8 Å². The number of pyridine rings is 1. The Kier molecular flexibility index (Phi) is 7.30. The fourth-order valence-corrected chi connectivity index (χ4v) is 4.20. The number of carbonyl (C=O) groups is 1. The van der Waals surface area contributed by atoms with Crippen LogP contribution in [0.5, 0.6) is 5.75 Å². The van der Waals surface area contributed by atoms with Gasteiger partial charge in [0.2, 0.25) is 0 Å². The van der Waals surface area contributed by atoms with Crippen LogP contribution < -0.4 is 4.74 Å². The van der Waals surface area contributed by atoms with Gasteiger partial charge in [-0.3, -0.25) is 14.3 Å². The van der Waals surface area contributed by atoms with Crippen molar-refractivity contribution in [2.45, 2.75) is 24.9 Å². The Labute approximate surface area is 191 Å². The molecular weight excluding hydrogens is 420 g/mol. The molecule has 0 atom stereocenters. The van der Waals surface area contributed by atoms with E-state index in [1.807, 2.05) is 78.2 Å². The van der Waals surface area contributed by atoms with E-state index in [9.17, 15) is 4.79 Å². The van der Waals surface area contributed by atoms with Crippen molar-refractivity contribution >= 4 is 17.5 Å². The van der Waals surface area contributed by atoms with Gasteiger partial charge in [0.1, 0.15) is 5.75 Å². The number of benzene rings is 2. The summed E-state index contributed by atoms with van der Waals surface area (Å²) in [6.45, 7) is 2.59. The smallest absolute Gasteiger partial charge is 0.196 e. The van der Waals surface area contributed by atoms with Gasteiger partial charge >= 0.3 is 0 Å². The summed E-state index contributed by atoms with van der Waals surface area (Å²) in [5, 5.41) is 9.68. The van der Waals surface area contributed by atoms with Crippen molar-refractivity contribution in [3.8, 4) is 22.8 Å². The van der Waals surface area contributed by atoms with Crippen LogP contribution in [0.2, 0.25) is 0 Å². The van der Waals surface area contributed by atoms with Crippen molar-refractivity contribution in [1.82, 2.24) is 19.7 Å². The van der Waals surface area contributed by atoms with Crippen LogP contribution in [0.1, 0.15) is 30.1 Å². The minimum atomic E-state index is 0.164. The number of hydrogen-bond acceptors (Lipinski definition) is 6. The minimum Gasteiger partial charge on any atom is -0.494 e. The summed E-state index contributed by atoms with van der Waals surface area (Å²) in [6.07, 6.45) is 4.76. The van der Waals surface area contributed by atoms with E-state index in [0.29, 0.717) is 13.0 Å². The molecule has 0 aliphatic heterocycles. The summed E-state index contributed by atoms with van der Waals surface area (Å²) in [7, 11) is 0. The van der Waals surface area contributed by atoms with E-state index in [1.165, 1.54) is 0 Å². The Bertz CT molecular complexity index is 1150. The second-order valence-corrected chi connectivity index (χ2v) is 8.11. The number of carbonyl (C=O) groups excluding carboxylic acids is 1. The highest BCUT2D eigenvalue weighted by molar-refractivity contribution is 7.99. The molecule has 0 unspecified atom stereocenters. The Balaban J connectivity index is 1.51. The lowest BCUT2D eigenvalue weighted by Gasteiger charge is -2.11. The number of ether oxygens (including phenoxy) is 1. The molecule has 0 amide bonds. The van der Waals surface area contributed by atoms with Crippen molar-refractivity contribution in [2.24, 2.45) is 0 Å². The van der Waals surface area contributed by atoms with Gasteiger partial charge in [-0.25, -0.2) is 0 Å². The maximum atomic E-state index is 12.4. The molecule has 0 spiro atoms. The topological polar surface area (TPSA) is 69.9 Å². The molecule has 2 heterocycles. The highest BCUT2D eigenvalue weighted by atomic mass is 32.2. The van der Waals surface area contributed by atoms with Gasteiger partial charge in [-0.1, -0.05) is 42.1 Å². The number of thioether (sulfide) groups is 1. The number of Topliss-reactive ketones (excluding diaryl/α,β-unsaturated/α-hetero) is 1. The van der Waals surface area contributed by atoms with E-state index < -0.39 is 0 Å². The molecule has 32 heavy (non-hydrogen) atoms. The number of ketones is 1. The van der Waals surface area contributed by atoms with Crippen LogP contribution in [0.3, 0.4) is 0 Å². The Hall–Kier alpha value is -3.45. The highest BCUT2D eigenvalue weighted by Gasteiger charge is 2.16. The van der Waals surface area contributed by atoms with Crippen LogP contribution in [-0.2, 0) is 0 Å². The van der Waals surface area contributed by atoms with E-state index in [2.05, 4.69) is 15.2 Å². The van der Waals surface area contributed by atoms with Gasteiger partial charge in [-0.15, -0.1) is 10.2 Å². The van der Waals surface area contributed by atoms with Gasteiger partial charge in [0, 0.05) is 41.4 Å². The normalized spacial score (nSPS) is 10.8. The van der Waals surface area contributed by atoms with Crippen LogP contribution in [0.15, 0.2) is 84.3 Å².